The maximum Gasteiger partial charge on any atom is 0.137 e. The highest BCUT2D eigenvalue weighted by atomic mass is 16.5. The van der Waals surface area contributed by atoms with E-state index >= 15 is 0 Å². The van der Waals surface area contributed by atoms with E-state index in [1.165, 1.54) is 0 Å². The van der Waals surface area contributed by atoms with Crippen LogP contribution in [-0.2, 0) is 5.60 Å². The van der Waals surface area contributed by atoms with E-state index in [1.54, 1.807) is 12.4 Å². The molecule has 1 atom stereocenters. The summed E-state index contributed by atoms with van der Waals surface area (Å²) in [5.41, 5.74) is 0.0508. The highest BCUT2D eigenvalue weighted by molar-refractivity contribution is 5.28. The van der Waals surface area contributed by atoms with Gasteiger partial charge in [-0.05, 0) is 31.9 Å². The van der Waals surface area contributed by atoms with E-state index in [9.17, 15) is 5.11 Å². The molecule has 1 aromatic heterocycles. The van der Waals surface area contributed by atoms with Crippen LogP contribution < -0.4 is 10.1 Å². The Labute approximate surface area is 102 Å². The molecule has 0 aromatic carbocycles. The number of hydrogen-bond donors (Lipinski definition) is 2. The molecule has 1 saturated heterocycles. The van der Waals surface area contributed by atoms with Crippen molar-refractivity contribution >= 4 is 0 Å². The van der Waals surface area contributed by atoms with Crippen LogP contribution in [0.15, 0.2) is 18.5 Å². The summed E-state index contributed by atoms with van der Waals surface area (Å²) in [6.45, 7) is 4.31. The lowest BCUT2D eigenvalue weighted by Crippen LogP contribution is -2.43. The van der Waals surface area contributed by atoms with Gasteiger partial charge in [-0.2, -0.15) is 0 Å². The zero-order valence-corrected chi connectivity index (χ0v) is 10.3. The van der Waals surface area contributed by atoms with Gasteiger partial charge in [-0.3, -0.25) is 4.98 Å². The van der Waals surface area contributed by atoms with Crippen molar-refractivity contribution in [1.29, 1.82) is 0 Å². The van der Waals surface area contributed by atoms with Gasteiger partial charge >= 0.3 is 0 Å². The number of nitrogens with zero attached hydrogens (tertiary/aromatic N) is 1. The number of ether oxygens (including phenoxy) is 1. The number of rotatable bonds is 4. The first kappa shape index (κ1) is 12.3. The summed E-state index contributed by atoms with van der Waals surface area (Å²) in [6.07, 6.45) is 6.15. The molecule has 1 fully saturated rings. The van der Waals surface area contributed by atoms with Crippen molar-refractivity contribution in [2.24, 2.45) is 0 Å². The molecule has 0 amide bonds. The van der Waals surface area contributed by atoms with Crippen LogP contribution in [0.4, 0.5) is 0 Å². The zero-order valence-electron chi connectivity index (χ0n) is 10.3. The van der Waals surface area contributed by atoms with Crippen LogP contribution in [0.3, 0.4) is 0 Å². The third-order valence-corrected chi connectivity index (χ3v) is 3.08. The summed E-state index contributed by atoms with van der Waals surface area (Å²) in [7, 11) is 0. The first-order chi connectivity index (χ1) is 8.24. The standard InChI is InChI=1S/C13H20N2O2/c1-2-6-17-12-7-11(8-15-9-12)13(16)4-3-5-14-10-13/h7-9,14,16H,2-6,10H2,1H3. The summed E-state index contributed by atoms with van der Waals surface area (Å²) in [6, 6.07) is 1.90. The summed E-state index contributed by atoms with van der Waals surface area (Å²) in [4.78, 5) is 4.15. The van der Waals surface area contributed by atoms with Crippen LogP contribution in [0.1, 0.15) is 31.7 Å². The molecular weight excluding hydrogens is 216 g/mol. The fourth-order valence-electron chi connectivity index (χ4n) is 2.11. The number of pyridine rings is 1. The average Bonchev–Trinajstić information content (AvgIpc) is 2.38. The fourth-order valence-corrected chi connectivity index (χ4v) is 2.11. The molecule has 2 rings (SSSR count). The summed E-state index contributed by atoms with van der Waals surface area (Å²) in [5, 5.41) is 13.8. The summed E-state index contributed by atoms with van der Waals surface area (Å²) >= 11 is 0. The van der Waals surface area contributed by atoms with E-state index < -0.39 is 5.60 Å². The Kier molecular flexibility index (Phi) is 3.97. The Hall–Kier alpha value is -1.13. The van der Waals surface area contributed by atoms with Crippen molar-refractivity contribution in [2.45, 2.75) is 31.8 Å². The van der Waals surface area contributed by atoms with Gasteiger partial charge in [-0.1, -0.05) is 6.92 Å². The molecule has 4 nitrogen and oxygen atoms in total. The Morgan fingerprint density at radius 3 is 3.12 bits per heavy atom. The van der Waals surface area contributed by atoms with Crippen molar-refractivity contribution < 1.29 is 9.84 Å². The Bertz CT molecular complexity index is 362. The van der Waals surface area contributed by atoms with Crippen molar-refractivity contribution in [1.82, 2.24) is 10.3 Å². The van der Waals surface area contributed by atoms with E-state index in [0.717, 1.165) is 37.1 Å². The number of hydrogen-bond acceptors (Lipinski definition) is 4. The predicted octanol–water partition coefficient (Wildman–Crippen LogP) is 1.44. The first-order valence-electron chi connectivity index (χ1n) is 6.26. The molecule has 94 valence electrons. The van der Waals surface area contributed by atoms with Gasteiger partial charge in [0.1, 0.15) is 11.4 Å². The van der Waals surface area contributed by atoms with E-state index in [0.29, 0.717) is 13.2 Å². The van der Waals surface area contributed by atoms with Crippen LogP contribution in [0, 0.1) is 0 Å². The Morgan fingerprint density at radius 2 is 2.41 bits per heavy atom. The van der Waals surface area contributed by atoms with Crippen LogP contribution in [0.2, 0.25) is 0 Å². The molecular formula is C13H20N2O2. The molecule has 1 unspecified atom stereocenters. The second-order valence-electron chi connectivity index (χ2n) is 4.57. The number of aliphatic hydroxyl groups is 1. The molecule has 4 heteroatoms. The number of nitrogens with one attached hydrogen (secondary N) is 1. The number of β-amino-alcohol motifs (C(OH)–C–C–N with tert-alkyl or cyclic N) is 1. The quantitative estimate of drug-likeness (QED) is 0.830. The van der Waals surface area contributed by atoms with E-state index in [4.69, 9.17) is 4.74 Å². The lowest BCUT2D eigenvalue weighted by atomic mass is 9.88. The van der Waals surface area contributed by atoms with Gasteiger partial charge in [0.15, 0.2) is 0 Å². The molecule has 1 aromatic rings. The molecule has 2 heterocycles. The lowest BCUT2D eigenvalue weighted by molar-refractivity contribution is 0.0118. The molecule has 0 saturated carbocycles. The van der Waals surface area contributed by atoms with Gasteiger partial charge in [0.05, 0.1) is 12.8 Å². The maximum absolute atomic E-state index is 10.5. The lowest BCUT2D eigenvalue weighted by Gasteiger charge is -2.32. The van der Waals surface area contributed by atoms with Crippen LogP contribution in [0.25, 0.3) is 0 Å². The molecule has 17 heavy (non-hydrogen) atoms. The van der Waals surface area contributed by atoms with E-state index in [2.05, 4.69) is 17.2 Å². The SMILES string of the molecule is CCCOc1cncc(C2(O)CCCNC2)c1. The topological polar surface area (TPSA) is 54.4 Å². The van der Waals surface area contributed by atoms with Gasteiger partial charge in [0.2, 0.25) is 0 Å². The van der Waals surface area contributed by atoms with Gasteiger partial charge in [0.25, 0.3) is 0 Å². The maximum atomic E-state index is 10.5. The highest BCUT2D eigenvalue weighted by Gasteiger charge is 2.31. The minimum Gasteiger partial charge on any atom is -0.492 e. The number of aromatic nitrogens is 1. The Morgan fingerprint density at radius 1 is 1.53 bits per heavy atom. The third kappa shape index (κ3) is 2.96. The Balaban J connectivity index is 2.14. The van der Waals surface area contributed by atoms with Crippen molar-refractivity contribution in [3.05, 3.63) is 24.0 Å². The van der Waals surface area contributed by atoms with Crippen molar-refractivity contribution in [3.8, 4) is 5.75 Å². The molecule has 2 N–H and O–H groups in total. The average molecular weight is 236 g/mol. The molecule has 1 aliphatic heterocycles. The monoisotopic (exact) mass is 236 g/mol. The minimum absolute atomic E-state index is 0.589. The zero-order chi connectivity index (χ0) is 12.1. The second kappa shape index (κ2) is 5.47. The molecule has 0 radical (unpaired) electrons. The van der Waals surface area contributed by atoms with E-state index in [1.807, 2.05) is 6.07 Å². The highest BCUT2D eigenvalue weighted by Crippen LogP contribution is 2.29. The predicted molar refractivity (Wildman–Crippen MR) is 66.0 cm³/mol. The molecule has 1 aliphatic rings. The van der Waals surface area contributed by atoms with Crippen LogP contribution >= 0.6 is 0 Å². The van der Waals surface area contributed by atoms with Crippen LogP contribution in [-0.4, -0.2) is 29.8 Å². The summed E-state index contributed by atoms with van der Waals surface area (Å²) < 4.78 is 5.54. The third-order valence-electron chi connectivity index (χ3n) is 3.08. The minimum atomic E-state index is -0.795. The largest absolute Gasteiger partial charge is 0.492 e. The molecule has 0 bridgehead atoms. The van der Waals surface area contributed by atoms with Crippen LogP contribution in [0.5, 0.6) is 5.75 Å². The second-order valence-corrected chi connectivity index (χ2v) is 4.57. The molecule has 0 spiro atoms. The van der Waals surface area contributed by atoms with Gasteiger partial charge in [-0.25, -0.2) is 0 Å². The smallest absolute Gasteiger partial charge is 0.137 e. The normalized spacial score (nSPS) is 24.6. The fraction of sp³-hybridized carbons (Fsp3) is 0.615. The molecule has 0 aliphatic carbocycles. The summed E-state index contributed by atoms with van der Waals surface area (Å²) in [5.74, 6) is 0.739. The van der Waals surface area contributed by atoms with Crippen molar-refractivity contribution in [3.63, 3.8) is 0 Å². The van der Waals surface area contributed by atoms with Gasteiger partial charge in [0, 0.05) is 18.3 Å². The first-order valence-corrected chi connectivity index (χ1v) is 6.26. The number of piperidine rings is 1. The van der Waals surface area contributed by atoms with Gasteiger partial charge in [-0.15, -0.1) is 0 Å². The van der Waals surface area contributed by atoms with Crippen molar-refractivity contribution in [2.75, 3.05) is 19.7 Å². The van der Waals surface area contributed by atoms with E-state index in [-0.39, 0.29) is 0 Å². The van der Waals surface area contributed by atoms with Gasteiger partial charge < -0.3 is 15.2 Å².